The summed E-state index contributed by atoms with van der Waals surface area (Å²) in [5.41, 5.74) is -7.87. The zero-order valence-electron chi connectivity index (χ0n) is 35.6. The van der Waals surface area contributed by atoms with Crippen molar-refractivity contribution in [2.75, 3.05) is 6.61 Å². The third-order valence-electron chi connectivity index (χ3n) is 12.9. The number of hydrogen-bond donors (Lipinski definition) is 5. The molecule has 328 valence electrons. The van der Waals surface area contributed by atoms with Gasteiger partial charge in [-0.1, -0.05) is 58.7 Å². The molecule has 4 aliphatic rings. The lowest BCUT2D eigenvalue weighted by Crippen LogP contribution is -2.82. The Morgan fingerprint density at radius 3 is 2.17 bits per heavy atom. The molecule has 0 radical (unpaired) electrons. The summed E-state index contributed by atoms with van der Waals surface area (Å²) < 4.78 is 35.7. The van der Waals surface area contributed by atoms with E-state index < -0.39 is 119 Å². The average molecular weight is 832 g/mol. The van der Waals surface area contributed by atoms with Crippen LogP contribution in [-0.2, 0) is 42.8 Å². The first-order valence-corrected chi connectivity index (χ1v) is 20.3. The van der Waals surface area contributed by atoms with Gasteiger partial charge < -0.3 is 54.2 Å². The third kappa shape index (κ3) is 8.35. The summed E-state index contributed by atoms with van der Waals surface area (Å²) in [6, 6.07) is 6.78. The number of fused-ring (bicyclic) bond motifs is 5. The van der Waals surface area contributed by atoms with E-state index in [1.807, 2.05) is 6.92 Å². The van der Waals surface area contributed by atoms with Gasteiger partial charge in [-0.3, -0.25) is 9.59 Å². The smallest absolute Gasteiger partial charge is 0.407 e. The minimum Gasteiger partial charge on any atom is -0.456 e. The number of amides is 1. The van der Waals surface area contributed by atoms with Crippen LogP contribution in [0.3, 0.4) is 0 Å². The highest BCUT2D eigenvalue weighted by atomic mass is 16.6. The minimum atomic E-state index is -2.33. The molecule has 59 heavy (non-hydrogen) atoms. The molecule has 1 aromatic carbocycles. The Morgan fingerprint density at radius 2 is 1.63 bits per heavy atom. The lowest BCUT2D eigenvalue weighted by molar-refractivity contribution is -0.365. The Morgan fingerprint density at radius 1 is 0.983 bits per heavy atom. The van der Waals surface area contributed by atoms with Gasteiger partial charge in [0.05, 0.1) is 30.2 Å². The van der Waals surface area contributed by atoms with Crippen LogP contribution < -0.4 is 5.32 Å². The highest BCUT2D eigenvalue weighted by molar-refractivity contribution is 5.89. The standard InChI is InChI=1S/C43H61NO15/c1-11-12-18-26(44-38(52)59-39(5,6)7)31(48)37(51)56-27-20-43(53)35(57-36(50)25-16-14-13-15-17-25)33-41(10,28(47)19-29-42(33,21-54-29)58-24(4)46)34(49)32(55-23(3)45)30(22(27)2)40(43,8)9/h13-17,26-29,31-35,47-49,53H,11-12,18-21H2,1-10H3,(H,44,52)/t26-,27-,28-,29+,31+,32+,33-,34-,35-,41+,42-,43+/m0/s1. The number of ether oxygens (including phenoxy) is 6. The lowest BCUT2D eigenvalue weighted by Gasteiger charge is -2.69. The molecule has 12 atom stereocenters. The Labute approximate surface area is 344 Å². The van der Waals surface area contributed by atoms with Crippen molar-refractivity contribution < 1.29 is 72.8 Å². The van der Waals surface area contributed by atoms with Crippen molar-refractivity contribution >= 4 is 30.0 Å². The molecule has 0 aromatic heterocycles. The lowest BCUT2D eigenvalue weighted by atomic mass is 9.44. The van der Waals surface area contributed by atoms with Crippen LogP contribution in [0.25, 0.3) is 0 Å². The molecule has 1 aromatic rings. The molecule has 16 heteroatoms. The number of alkyl carbamates (subject to hydrolysis) is 1. The second kappa shape index (κ2) is 16.8. The number of aliphatic hydroxyl groups excluding tert-OH is 3. The van der Waals surface area contributed by atoms with Crippen molar-refractivity contribution in [2.24, 2.45) is 16.7 Å². The number of benzene rings is 1. The molecule has 16 nitrogen and oxygen atoms in total. The molecule has 5 rings (SSSR count). The first-order chi connectivity index (χ1) is 27.3. The monoisotopic (exact) mass is 831 g/mol. The summed E-state index contributed by atoms with van der Waals surface area (Å²) in [7, 11) is 0. The molecular weight excluding hydrogens is 770 g/mol. The third-order valence-corrected chi connectivity index (χ3v) is 12.9. The van der Waals surface area contributed by atoms with Crippen LogP contribution in [0, 0.1) is 16.7 Å². The van der Waals surface area contributed by atoms with Crippen LogP contribution in [0.1, 0.15) is 112 Å². The van der Waals surface area contributed by atoms with Gasteiger partial charge >= 0.3 is 30.0 Å². The van der Waals surface area contributed by atoms with Crippen LogP contribution in [0.15, 0.2) is 41.5 Å². The highest BCUT2D eigenvalue weighted by Gasteiger charge is 2.78. The van der Waals surface area contributed by atoms with E-state index >= 15 is 0 Å². The van der Waals surface area contributed by atoms with E-state index in [1.165, 1.54) is 26.0 Å². The summed E-state index contributed by atoms with van der Waals surface area (Å²) in [6.45, 7) is 15.2. The fourth-order valence-corrected chi connectivity index (χ4v) is 9.83. The molecule has 1 aliphatic heterocycles. The van der Waals surface area contributed by atoms with E-state index in [0.29, 0.717) is 12.8 Å². The maximum absolute atomic E-state index is 14.2. The molecule has 5 N–H and O–H groups in total. The van der Waals surface area contributed by atoms with Crippen LogP contribution in [0.4, 0.5) is 4.79 Å². The summed E-state index contributed by atoms with van der Waals surface area (Å²) >= 11 is 0. The molecule has 3 aliphatic carbocycles. The van der Waals surface area contributed by atoms with Gasteiger partial charge in [0.2, 0.25) is 0 Å². The quantitative estimate of drug-likeness (QED) is 0.122. The van der Waals surface area contributed by atoms with Crippen LogP contribution >= 0.6 is 0 Å². The molecule has 3 fully saturated rings. The van der Waals surface area contributed by atoms with Crippen molar-refractivity contribution in [2.45, 2.75) is 167 Å². The van der Waals surface area contributed by atoms with Gasteiger partial charge in [-0.15, -0.1) is 0 Å². The number of esters is 4. The number of unbranched alkanes of at least 4 members (excludes halogenated alkanes) is 1. The maximum atomic E-state index is 14.2. The second-order valence-electron chi connectivity index (χ2n) is 18.2. The summed E-state index contributed by atoms with van der Waals surface area (Å²) in [6.07, 6.45) is -11.1. The number of hydrogen-bond acceptors (Lipinski definition) is 15. The topological polar surface area (TPSA) is 234 Å². The van der Waals surface area contributed by atoms with E-state index in [9.17, 15) is 44.4 Å². The van der Waals surface area contributed by atoms with E-state index in [4.69, 9.17) is 28.4 Å². The number of carbonyl (C=O) groups excluding carboxylic acids is 5. The van der Waals surface area contributed by atoms with Crippen molar-refractivity contribution in [1.82, 2.24) is 5.32 Å². The van der Waals surface area contributed by atoms with E-state index in [-0.39, 0.29) is 36.2 Å². The van der Waals surface area contributed by atoms with Gasteiger partial charge in [-0.2, -0.15) is 0 Å². The van der Waals surface area contributed by atoms with Crippen molar-refractivity contribution in [3.63, 3.8) is 0 Å². The Kier molecular flexibility index (Phi) is 13.1. The zero-order chi connectivity index (χ0) is 44.0. The van der Waals surface area contributed by atoms with E-state index in [1.54, 1.807) is 59.7 Å². The summed E-state index contributed by atoms with van der Waals surface area (Å²) in [4.78, 5) is 67.0. The van der Waals surface area contributed by atoms with Gasteiger partial charge in [0, 0.05) is 37.5 Å². The van der Waals surface area contributed by atoms with E-state index in [0.717, 1.165) is 6.92 Å². The molecule has 1 heterocycles. The summed E-state index contributed by atoms with van der Waals surface area (Å²) in [5.74, 6) is -5.08. The van der Waals surface area contributed by atoms with Gasteiger partial charge in [-0.25, -0.2) is 14.4 Å². The van der Waals surface area contributed by atoms with Gasteiger partial charge in [0.1, 0.15) is 35.6 Å². The van der Waals surface area contributed by atoms with Crippen LogP contribution in [0.5, 0.6) is 0 Å². The normalized spacial score (nSPS) is 34.5. The fourth-order valence-electron chi connectivity index (χ4n) is 9.83. The Balaban J connectivity index is 1.71. The molecule has 2 saturated carbocycles. The van der Waals surface area contributed by atoms with Gasteiger partial charge in [-0.05, 0) is 57.4 Å². The predicted molar refractivity (Wildman–Crippen MR) is 208 cm³/mol. The summed E-state index contributed by atoms with van der Waals surface area (Å²) in [5, 5.41) is 52.4. The van der Waals surface area contributed by atoms with Gasteiger partial charge in [0.25, 0.3) is 0 Å². The predicted octanol–water partition coefficient (Wildman–Crippen LogP) is 3.44. The fraction of sp³-hybridized carbons (Fsp3) is 0.698. The van der Waals surface area contributed by atoms with Gasteiger partial charge in [0.15, 0.2) is 17.8 Å². The van der Waals surface area contributed by atoms with E-state index in [2.05, 4.69) is 5.32 Å². The average Bonchev–Trinajstić information content (AvgIpc) is 3.13. The van der Waals surface area contributed by atoms with Crippen molar-refractivity contribution in [1.29, 1.82) is 0 Å². The van der Waals surface area contributed by atoms with Crippen molar-refractivity contribution in [3.8, 4) is 0 Å². The SMILES string of the molecule is CCCC[C@H](NC(=O)OC(C)(C)C)[C@@H](O)C(=O)O[C@H]1C[C@@]2(O)[C@@H](OC(=O)c3ccccc3)[C@@H]3[C@]4(OC(C)=O)CO[C@@H]4C[C@H](O)[C@@]3(C)[C@@H](O)[C@H](OC(C)=O)C(=C1C)C2(C)C. The Hall–Kier alpha value is -4.09. The number of nitrogens with one attached hydrogen (secondary N) is 1. The second-order valence-corrected chi connectivity index (χ2v) is 18.2. The van der Waals surface area contributed by atoms with Crippen molar-refractivity contribution in [3.05, 3.63) is 47.0 Å². The number of rotatable bonds is 11. The molecule has 2 bridgehead atoms. The largest absolute Gasteiger partial charge is 0.456 e. The molecular formula is C43H61NO15. The highest BCUT2D eigenvalue weighted by Crippen LogP contribution is 2.65. The molecule has 1 amide bonds. The van der Waals surface area contributed by atoms with Crippen LogP contribution in [0.2, 0.25) is 0 Å². The number of carbonyl (C=O) groups is 5. The maximum Gasteiger partial charge on any atom is 0.407 e. The minimum absolute atomic E-state index is 0.0970. The molecule has 0 spiro atoms. The Bertz CT molecular complexity index is 1810. The molecule has 1 saturated heterocycles. The zero-order valence-corrected chi connectivity index (χ0v) is 35.6. The first-order valence-electron chi connectivity index (χ1n) is 20.3. The van der Waals surface area contributed by atoms with Crippen LogP contribution in [-0.4, -0.2) is 123 Å². The number of aliphatic hydroxyl groups is 4. The molecule has 0 unspecified atom stereocenters. The first kappa shape index (κ1) is 46.0.